The number of rotatable bonds is 3. The highest BCUT2D eigenvalue weighted by molar-refractivity contribution is 5.88. The molecule has 1 unspecified atom stereocenters. The van der Waals surface area contributed by atoms with E-state index in [1.54, 1.807) is 0 Å². The van der Waals surface area contributed by atoms with Gasteiger partial charge in [-0.1, -0.05) is 13.3 Å². The van der Waals surface area contributed by atoms with E-state index in [9.17, 15) is 0 Å². The van der Waals surface area contributed by atoms with Crippen molar-refractivity contribution in [3.63, 3.8) is 0 Å². The summed E-state index contributed by atoms with van der Waals surface area (Å²) in [7, 11) is 0. The highest BCUT2D eigenvalue weighted by Crippen LogP contribution is 1.97. The molecule has 3 N–H and O–H groups in total. The Labute approximate surface area is 61.7 Å². The third-order valence-electron chi connectivity index (χ3n) is 1.65. The summed E-state index contributed by atoms with van der Waals surface area (Å²) >= 11 is 0. The molecule has 0 fully saturated rings. The van der Waals surface area contributed by atoms with Crippen molar-refractivity contribution in [2.24, 2.45) is 10.7 Å². The zero-order valence-electron chi connectivity index (χ0n) is 6.43. The lowest BCUT2D eigenvalue weighted by atomic mass is 10.2. The average molecular weight is 141 g/mol. The van der Waals surface area contributed by atoms with Gasteiger partial charge < -0.3 is 11.1 Å². The van der Waals surface area contributed by atoms with E-state index < -0.39 is 0 Å². The summed E-state index contributed by atoms with van der Waals surface area (Å²) in [5, 5.41) is 3.17. The number of hydrogen-bond donors (Lipinski definition) is 2. The standard InChI is InChI=1S/C7H15N3/c1-2-3-6(8)7-9-4-5-10-7/h6H,2-5,8H2,1H3,(H,9,10). The zero-order chi connectivity index (χ0) is 7.40. The predicted octanol–water partition coefficient (Wildman–Crippen LogP) is 0.115. The largest absolute Gasteiger partial charge is 0.371 e. The molecule has 0 radical (unpaired) electrons. The highest BCUT2D eigenvalue weighted by Gasteiger charge is 2.12. The van der Waals surface area contributed by atoms with Crippen LogP contribution in [-0.2, 0) is 0 Å². The van der Waals surface area contributed by atoms with Crippen molar-refractivity contribution in [2.75, 3.05) is 13.1 Å². The molecule has 1 heterocycles. The summed E-state index contributed by atoms with van der Waals surface area (Å²) in [6.45, 7) is 3.99. The van der Waals surface area contributed by atoms with Gasteiger partial charge in [0.05, 0.1) is 12.6 Å². The number of nitrogens with two attached hydrogens (primary N) is 1. The predicted molar refractivity (Wildman–Crippen MR) is 43.2 cm³/mol. The first-order chi connectivity index (χ1) is 4.84. The average Bonchev–Trinajstić information content (AvgIpc) is 2.38. The number of aliphatic imine (C=N–C) groups is 1. The number of nitrogens with one attached hydrogen (secondary N) is 1. The maximum atomic E-state index is 5.80. The van der Waals surface area contributed by atoms with Gasteiger partial charge in [-0.05, 0) is 6.42 Å². The second-order valence-corrected chi connectivity index (χ2v) is 2.59. The van der Waals surface area contributed by atoms with Crippen molar-refractivity contribution in [2.45, 2.75) is 25.8 Å². The fourth-order valence-electron chi connectivity index (χ4n) is 1.11. The van der Waals surface area contributed by atoms with E-state index in [0.29, 0.717) is 0 Å². The summed E-state index contributed by atoms with van der Waals surface area (Å²) in [5.41, 5.74) is 5.80. The highest BCUT2D eigenvalue weighted by atomic mass is 15.1. The van der Waals surface area contributed by atoms with Gasteiger partial charge in [-0.2, -0.15) is 0 Å². The molecule has 0 aromatic carbocycles. The molecule has 3 heteroatoms. The molecule has 10 heavy (non-hydrogen) atoms. The third kappa shape index (κ3) is 1.70. The maximum Gasteiger partial charge on any atom is 0.113 e. The van der Waals surface area contributed by atoms with Crippen LogP contribution < -0.4 is 11.1 Å². The fourth-order valence-corrected chi connectivity index (χ4v) is 1.11. The molecule has 1 rings (SSSR count). The first-order valence-corrected chi connectivity index (χ1v) is 3.88. The Kier molecular flexibility index (Phi) is 2.68. The van der Waals surface area contributed by atoms with E-state index in [2.05, 4.69) is 17.2 Å². The van der Waals surface area contributed by atoms with Crippen molar-refractivity contribution in [3.8, 4) is 0 Å². The second-order valence-electron chi connectivity index (χ2n) is 2.59. The van der Waals surface area contributed by atoms with Crippen molar-refractivity contribution >= 4 is 5.84 Å². The zero-order valence-corrected chi connectivity index (χ0v) is 6.43. The van der Waals surface area contributed by atoms with Crippen LogP contribution in [0, 0.1) is 0 Å². The fraction of sp³-hybridized carbons (Fsp3) is 0.857. The Morgan fingerprint density at radius 2 is 2.60 bits per heavy atom. The van der Waals surface area contributed by atoms with Gasteiger partial charge in [0, 0.05) is 6.54 Å². The first kappa shape index (κ1) is 7.54. The van der Waals surface area contributed by atoms with Gasteiger partial charge in [-0.15, -0.1) is 0 Å². The molecular formula is C7H15N3. The summed E-state index contributed by atoms with van der Waals surface area (Å²) in [6, 6.07) is 0.146. The molecule has 1 aliphatic heterocycles. The molecule has 3 nitrogen and oxygen atoms in total. The molecule has 0 saturated carbocycles. The van der Waals surface area contributed by atoms with Crippen molar-refractivity contribution in [3.05, 3.63) is 0 Å². The van der Waals surface area contributed by atoms with Gasteiger partial charge in [-0.3, -0.25) is 4.99 Å². The van der Waals surface area contributed by atoms with Crippen molar-refractivity contribution < 1.29 is 0 Å². The molecule has 0 aliphatic carbocycles. The van der Waals surface area contributed by atoms with Gasteiger partial charge in [0.1, 0.15) is 5.84 Å². The van der Waals surface area contributed by atoms with Crippen LogP contribution in [0.4, 0.5) is 0 Å². The molecule has 0 aromatic heterocycles. The SMILES string of the molecule is CCCC(N)C1=NCCN1. The van der Waals surface area contributed by atoms with E-state index in [4.69, 9.17) is 5.73 Å². The molecule has 0 spiro atoms. The maximum absolute atomic E-state index is 5.80. The Bertz CT molecular complexity index is 131. The van der Waals surface area contributed by atoms with E-state index in [-0.39, 0.29) is 6.04 Å². The van der Waals surface area contributed by atoms with Crippen LogP contribution in [0.15, 0.2) is 4.99 Å². The van der Waals surface area contributed by atoms with Gasteiger partial charge in [0.15, 0.2) is 0 Å². The molecule has 58 valence electrons. The van der Waals surface area contributed by atoms with E-state index in [0.717, 1.165) is 31.8 Å². The molecule has 0 saturated heterocycles. The first-order valence-electron chi connectivity index (χ1n) is 3.88. The summed E-state index contributed by atoms with van der Waals surface area (Å²) in [6.07, 6.45) is 2.16. The van der Waals surface area contributed by atoms with Crippen molar-refractivity contribution in [1.29, 1.82) is 0 Å². The Balaban J connectivity index is 2.32. The molecule has 1 atom stereocenters. The van der Waals surface area contributed by atoms with Crippen LogP contribution >= 0.6 is 0 Å². The van der Waals surface area contributed by atoms with Crippen molar-refractivity contribution in [1.82, 2.24) is 5.32 Å². The number of hydrogen-bond acceptors (Lipinski definition) is 3. The van der Waals surface area contributed by atoms with Crippen LogP contribution in [0.1, 0.15) is 19.8 Å². The lowest BCUT2D eigenvalue weighted by Crippen LogP contribution is -2.37. The van der Waals surface area contributed by atoms with Gasteiger partial charge >= 0.3 is 0 Å². The third-order valence-corrected chi connectivity index (χ3v) is 1.65. The van der Waals surface area contributed by atoms with Gasteiger partial charge in [-0.25, -0.2) is 0 Å². The normalized spacial score (nSPS) is 20.0. The molecule has 0 amide bonds. The second kappa shape index (κ2) is 3.56. The Morgan fingerprint density at radius 3 is 3.10 bits per heavy atom. The van der Waals surface area contributed by atoms with Crippen LogP contribution in [0.3, 0.4) is 0 Å². The number of nitrogens with zero attached hydrogens (tertiary/aromatic N) is 1. The van der Waals surface area contributed by atoms with E-state index in [1.165, 1.54) is 0 Å². The summed E-state index contributed by atoms with van der Waals surface area (Å²) in [4.78, 5) is 4.23. The smallest absolute Gasteiger partial charge is 0.113 e. The lowest BCUT2D eigenvalue weighted by molar-refractivity contribution is 0.717. The Morgan fingerprint density at radius 1 is 1.80 bits per heavy atom. The Hall–Kier alpha value is -0.570. The molecule has 0 aromatic rings. The minimum absolute atomic E-state index is 0.146. The topological polar surface area (TPSA) is 50.4 Å². The van der Waals surface area contributed by atoms with E-state index >= 15 is 0 Å². The molecule has 0 bridgehead atoms. The van der Waals surface area contributed by atoms with Crippen LogP contribution in [-0.4, -0.2) is 25.0 Å². The monoisotopic (exact) mass is 141 g/mol. The van der Waals surface area contributed by atoms with Crippen LogP contribution in [0.25, 0.3) is 0 Å². The van der Waals surface area contributed by atoms with E-state index in [1.807, 2.05) is 0 Å². The van der Waals surface area contributed by atoms with Gasteiger partial charge in [0.25, 0.3) is 0 Å². The summed E-state index contributed by atoms with van der Waals surface area (Å²) < 4.78 is 0. The lowest BCUT2D eigenvalue weighted by Gasteiger charge is -2.09. The van der Waals surface area contributed by atoms with Gasteiger partial charge in [0.2, 0.25) is 0 Å². The van der Waals surface area contributed by atoms with Crippen LogP contribution in [0.5, 0.6) is 0 Å². The summed E-state index contributed by atoms with van der Waals surface area (Å²) in [5.74, 6) is 1.00. The number of amidine groups is 1. The van der Waals surface area contributed by atoms with Crippen LogP contribution in [0.2, 0.25) is 0 Å². The minimum atomic E-state index is 0.146. The molecule has 1 aliphatic rings. The quantitative estimate of drug-likeness (QED) is 0.586. The molecular weight excluding hydrogens is 126 g/mol. The minimum Gasteiger partial charge on any atom is -0.371 e.